The fraction of sp³-hybridized carbons (Fsp3) is 0.0667. The monoisotopic (exact) mass is 255 g/mol. The molecule has 0 amide bonds. The fourth-order valence-corrected chi connectivity index (χ4v) is 1.72. The van der Waals surface area contributed by atoms with E-state index in [1.807, 2.05) is 42.5 Å². The summed E-state index contributed by atoms with van der Waals surface area (Å²) in [6, 6.07) is 13.9. The average molecular weight is 255 g/mol. The summed E-state index contributed by atoms with van der Waals surface area (Å²) in [5.74, 6) is -0.0492. The number of phenolic OH excluding ortho intramolecular Hbond substituents is 1. The SMILES string of the molecule is O=[N+]([O-])c1ccc(C/C=C/c2ccccc2)c(O)c1. The summed E-state index contributed by atoms with van der Waals surface area (Å²) in [5, 5.41) is 20.2. The number of nitro groups is 1. The molecule has 0 bridgehead atoms. The molecule has 96 valence electrons. The molecular formula is C15H13NO3. The van der Waals surface area contributed by atoms with Gasteiger partial charge in [-0.2, -0.15) is 0 Å². The van der Waals surface area contributed by atoms with Gasteiger partial charge in [-0.25, -0.2) is 0 Å². The molecule has 2 aromatic carbocycles. The molecule has 4 heteroatoms. The van der Waals surface area contributed by atoms with E-state index in [1.165, 1.54) is 12.1 Å². The van der Waals surface area contributed by atoms with Crippen molar-refractivity contribution in [2.45, 2.75) is 6.42 Å². The first-order valence-electron chi connectivity index (χ1n) is 5.84. The maximum atomic E-state index is 10.5. The lowest BCUT2D eigenvalue weighted by atomic mass is 10.1. The zero-order valence-electron chi connectivity index (χ0n) is 10.2. The summed E-state index contributed by atoms with van der Waals surface area (Å²) in [6.45, 7) is 0. The first kappa shape index (κ1) is 12.8. The van der Waals surface area contributed by atoms with E-state index in [2.05, 4.69) is 0 Å². The molecule has 1 N–H and O–H groups in total. The van der Waals surface area contributed by atoms with Gasteiger partial charge in [0.1, 0.15) is 5.75 Å². The summed E-state index contributed by atoms with van der Waals surface area (Å²) >= 11 is 0. The van der Waals surface area contributed by atoms with Crippen molar-refractivity contribution in [3.05, 3.63) is 75.8 Å². The molecule has 19 heavy (non-hydrogen) atoms. The largest absolute Gasteiger partial charge is 0.507 e. The number of hydrogen-bond acceptors (Lipinski definition) is 3. The summed E-state index contributed by atoms with van der Waals surface area (Å²) in [7, 11) is 0. The van der Waals surface area contributed by atoms with Crippen LogP contribution in [0.15, 0.2) is 54.6 Å². The van der Waals surface area contributed by atoms with Crippen molar-refractivity contribution in [2.24, 2.45) is 0 Å². The van der Waals surface area contributed by atoms with Crippen LogP contribution < -0.4 is 0 Å². The van der Waals surface area contributed by atoms with Gasteiger partial charge in [0.2, 0.25) is 0 Å². The first-order valence-corrected chi connectivity index (χ1v) is 5.84. The minimum absolute atomic E-state index is 0.0492. The Bertz CT molecular complexity index is 606. The molecule has 0 radical (unpaired) electrons. The van der Waals surface area contributed by atoms with Crippen molar-refractivity contribution in [3.8, 4) is 5.75 Å². The van der Waals surface area contributed by atoms with Crippen molar-refractivity contribution in [3.63, 3.8) is 0 Å². The van der Waals surface area contributed by atoms with Crippen LogP contribution in [0.1, 0.15) is 11.1 Å². The Labute approximate surface area is 110 Å². The molecule has 4 nitrogen and oxygen atoms in total. The highest BCUT2D eigenvalue weighted by molar-refractivity contribution is 5.51. The van der Waals surface area contributed by atoms with Crippen LogP contribution in [0.25, 0.3) is 6.08 Å². The van der Waals surface area contributed by atoms with Crippen LogP contribution >= 0.6 is 0 Å². The Morgan fingerprint density at radius 2 is 1.89 bits per heavy atom. The van der Waals surface area contributed by atoms with Crippen LogP contribution in [-0.2, 0) is 6.42 Å². The van der Waals surface area contributed by atoms with Gasteiger partial charge in [-0.3, -0.25) is 10.1 Å². The molecule has 0 atom stereocenters. The van der Waals surface area contributed by atoms with E-state index in [1.54, 1.807) is 6.07 Å². The van der Waals surface area contributed by atoms with Crippen LogP contribution in [0, 0.1) is 10.1 Å². The summed E-state index contributed by atoms with van der Waals surface area (Å²) < 4.78 is 0. The van der Waals surface area contributed by atoms with Gasteiger partial charge in [-0.1, -0.05) is 42.5 Å². The molecule has 2 rings (SSSR count). The first-order chi connectivity index (χ1) is 9.16. The quantitative estimate of drug-likeness (QED) is 0.671. The number of non-ortho nitro benzene ring substituents is 1. The molecule has 0 aliphatic heterocycles. The lowest BCUT2D eigenvalue weighted by Gasteiger charge is -2.01. The molecule has 0 saturated heterocycles. The second-order valence-electron chi connectivity index (χ2n) is 4.09. The lowest BCUT2D eigenvalue weighted by molar-refractivity contribution is -0.384. The predicted molar refractivity (Wildman–Crippen MR) is 73.9 cm³/mol. The highest BCUT2D eigenvalue weighted by atomic mass is 16.6. The van der Waals surface area contributed by atoms with Crippen molar-refractivity contribution in [1.82, 2.24) is 0 Å². The number of aromatic hydroxyl groups is 1. The summed E-state index contributed by atoms with van der Waals surface area (Å²) in [6.07, 6.45) is 4.38. The molecular weight excluding hydrogens is 242 g/mol. The number of phenols is 1. The van der Waals surface area contributed by atoms with Gasteiger partial charge in [-0.05, 0) is 23.6 Å². The van der Waals surface area contributed by atoms with E-state index >= 15 is 0 Å². The van der Waals surface area contributed by atoms with E-state index in [0.29, 0.717) is 12.0 Å². The Balaban J connectivity index is 2.08. The molecule has 0 spiro atoms. The molecule has 0 fully saturated rings. The maximum Gasteiger partial charge on any atom is 0.273 e. The van der Waals surface area contributed by atoms with Gasteiger partial charge in [0.15, 0.2) is 0 Å². The van der Waals surface area contributed by atoms with Gasteiger partial charge in [0.25, 0.3) is 5.69 Å². The Morgan fingerprint density at radius 3 is 2.53 bits per heavy atom. The van der Waals surface area contributed by atoms with E-state index in [9.17, 15) is 15.2 Å². The molecule has 0 heterocycles. The third-order valence-electron chi connectivity index (χ3n) is 2.73. The van der Waals surface area contributed by atoms with Crippen molar-refractivity contribution < 1.29 is 10.0 Å². The highest BCUT2D eigenvalue weighted by Gasteiger charge is 2.08. The van der Waals surface area contributed by atoms with Crippen molar-refractivity contribution >= 4 is 11.8 Å². The van der Waals surface area contributed by atoms with Crippen LogP contribution in [-0.4, -0.2) is 10.0 Å². The van der Waals surface area contributed by atoms with Crippen LogP contribution in [0.3, 0.4) is 0 Å². The topological polar surface area (TPSA) is 63.4 Å². The normalized spacial score (nSPS) is 10.7. The Kier molecular flexibility index (Phi) is 3.93. The second kappa shape index (κ2) is 5.82. The predicted octanol–water partition coefficient (Wildman–Crippen LogP) is 3.56. The number of rotatable bonds is 4. The van der Waals surface area contributed by atoms with Crippen molar-refractivity contribution in [2.75, 3.05) is 0 Å². The second-order valence-corrected chi connectivity index (χ2v) is 4.09. The van der Waals surface area contributed by atoms with E-state index in [4.69, 9.17) is 0 Å². The Morgan fingerprint density at radius 1 is 1.16 bits per heavy atom. The standard InChI is InChI=1S/C15H13NO3/c17-15-11-14(16(18)19)10-9-13(15)8-4-7-12-5-2-1-3-6-12/h1-7,9-11,17H,8H2/b7-4+. The third-order valence-corrected chi connectivity index (χ3v) is 2.73. The summed E-state index contributed by atoms with van der Waals surface area (Å²) in [4.78, 5) is 10.0. The Hall–Kier alpha value is -2.62. The van der Waals surface area contributed by atoms with Crippen molar-refractivity contribution in [1.29, 1.82) is 0 Å². The number of nitrogens with zero attached hydrogens (tertiary/aromatic N) is 1. The molecule has 0 unspecified atom stereocenters. The molecule has 0 saturated carbocycles. The van der Waals surface area contributed by atoms with Crippen LogP contribution in [0.5, 0.6) is 5.75 Å². The maximum absolute atomic E-state index is 10.5. The van der Waals surface area contributed by atoms with Gasteiger partial charge < -0.3 is 5.11 Å². The van der Waals surface area contributed by atoms with Gasteiger partial charge in [-0.15, -0.1) is 0 Å². The number of nitro benzene ring substituents is 1. The lowest BCUT2D eigenvalue weighted by Crippen LogP contribution is -1.89. The van der Waals surface area contributed by atoms with Gasteiger partial charge in [0, 0.05) is 6.07 Å². The minimum Gasteiger partial charge on any atom is -0.507 e. The highest BCUT2D eigenvalue weighted by Crippen LogP contribution is 2.24. The zero-order chi connectivity index (χ0) is 13.7. The molecule has 0 aliphatic carbocycles. The van der Waals surface area contributed by atoms with Gasteiger partial charge >= 0.3 is 0 Å². The smallest absolute Gasteiger partial charge is 0.273 e. The molecule has 2 aromatic rings. The fourth-order valence-electron chi connectivity index (χ4n) is 1.72. The number of benzene rings is 2. The van der Waals surface area contributed by atoms with E-state index < -0.39 is 4.92 Å². The zero-order valence-corrected chi connectivity index (χ0v) is 10.2. The molecule has 0 aromatic heterocycles. The van der Waals surface area contributed by atoms with Gasteiger partial charge in [0.05, 0.1) is 11.0 Å². The van der Waals surface area contributed by atoms with E-state index in [0.717, 1.165) is 5.56 Å². The summed E-state index contributed by atoms with van der Waals surface area (Å²) in [5.41, 5.74) is 1.63. The minimum atomic E-state index is -0.524. The number of hydrogen-bond donors (Lipinski definition) is 1. The third kappa shape index (κ3) is 3.42. The molecule has 0 aliphatic rings. The van der Waals surface area contributed by atoms with Crippen LogP contribution in [0.4, 0.5) is 5.69 Å². The van der Waals surface area contributed by atoms with Crippen LogP contribution in [0.2, 0.25) is 0 Å². The number of allylic oxidation sites excluding steroid dienone is 1. The average Bonchev–Trinajstić information content (AvgIpc) is 2.41. The van der Waals surface area contributed by atoms with E-state index in [-0.39, 0.29) is 11.4 Å².